The Morgan fingerprint density at radius 2 is 2.31 bits per heavy atom. The molecule has 0 radical (unpaired) electrons. The number of aromatic nitrogens is 1. The van der Waals surface area contributed by atoms with E-state index in [2.05, 4.69) is 10.3 Å². The Bertz CT molecular complexity index is 425. The van der Waals surface area contributed by atoms with Crippen molar-refractivity contribution in [2.24, 2.45) is 0 Å². The van der Waals surface area contributed by atoms with E-state index in [-0.39, 0.29) is 11.5 Å². The van der Waals surface area contributed by atoms with Gasteiger partial charge < -0.3 is 11.1 Å². The van der Waals surface area contributed by atoms with Crippen molar-refractivity contribution in [3.05, 3.63) is 33.9 Å². The molecule has 16 heavy (non-hydrogen) atoms. The average molecular weight is 222 g/mol. The van der Waals surface area contributed by atoms with Crippen molar-refractivity contribution in [3.63, 3.8) is 0 Å². The van der Waals surface area contributed by atoms with E-state index in [0.717, 1.165) is 0 Å². The Morgan fingerprint density at radius 1 is 1.62 bits per heavy atom. The highest BCUT2D eigenvalue weighted by molar-refractivity contribution is 5.57. The summed E-state index contributed by atoms with van der Waals surface area (Å²) in [5, 5.41) is 13.5. The number of nitrogen functional groups attached to an aromatic ring is 1. The summed E-state index contributed by atoms with van der Waals surface area (Å²) in [7, 11) is 0. The van der Waals surface area contributed by atoms with Gasteiger partial charge in [-0.3, -0.25) is 10.1 Å². The number of allylic oxidation sites excluding steroid dienone is 1. The minimum absolute atomic E-state index is 0.0767. The highest BCUT2D eigenvalue weighted by Gasteiger charge is 2.12. The number of nitrogens with zero attached hydrogens (tertiary/aromatic N) is 2. The highest BCUT2D eigenvalue weighted by atomic mass is 16.6. The van der Waals surface area contributed by atoms with E-state index >= 15 is 0 Å². The van der Waals surface area contributed by atoms with Crippen LogP contribution in [0.5, 0.6) is 0 Å². The molecule has 0 aliphatic rings. The van der Waals surface area contributed by atoms with Crippen molar-refractivity contribution in [1.29, 1.82) is 0 Å². The van der Waals surface area contributed by atoms with E-state index in [4.69, 9.17) is 5.73 Å². The van der Waals surface area contributed by atoms with Gasteiger partial charge in [0, 0.05) is 12.6 Å². The molecule has 1 aromatic rings. The summed E-state index contributed by atoms with van der Waals surface area (Å²) in [5.74, 6) is 0.452. The lowest BCUT2D eigenvalue weighted by Gasteiger charge is -2.03. The van der Waals surface area contributed by atoms with E-state index in [0.29, 0.717) is 12.4 Å². The molecule has 1 rings (SSSR count). The number of hydrogen-bond donors (Lipinski definition) is 2. The molecule has 0 amide bonds. The lowest BCUT2D eigenvalue weighted by molar-refractivity contribution is -0.384. The highest BCUT2D eigenvalue weighted by Crippen LogP contribution is 2.20. The summed E-state index contributed by atoms with van der Waals surface area (Å²) in [6.45, 7) is 4.59. The summed E-state index contributed by atoms with van der Waals surface area (Å²) in [5.41, 5.74) is 6.46. The standard InChI is InChI=1S/C10H14N4O2/c1-7(2)5-6-12-9-4-3-8(14(15)16)10(11)13-9/h3-5H,6H2,1-2H3,(H3,11,12,13). The first-order chi connectivity index (χ1) is 7.50. The summed E-state index contributed by atoms with van der Waals surface area (Å²) >= 11 is 0. The third-order valence-electron chi connectivity index (χ3n) is 1.89. The molecule has 6 nitrogen and oxygen atoms in total. The molecule has 0 fully saturated rings. The van der Waals surface area contributed by atoms with Crippen LogP contribution in [0.25, 0.3) is 0 Å². The van der Waals surface area contributed by atoms with Gasteiger partial charge in [0.1, 0.15) is 5.82 Å². The van der Waals surface area contributed by atoms with Gasteiger partial charge in [0.15, 0.2) is 0 Å². The van der Waals surface area contributed by atoms with Crippen LogP contribution in [-0.2, 0) is 0 Å². The van der Waals surface area contributed by atoms with Gasteiger partial charge in [0.25, 0.3) is 0 Å². The Balaban J connectivity index is 2.74. The molecule has 0 saturated carbocycles. The molecule has 86 valence electrons. The summed E-state index contributed by atoms with van der Waals surface area (Å²) in [6, 6.07) is 2.88. The molecule has 1 aromatic heterocycles. The van der Waals surface area contributed by atoms with Crippen molar-refractivity contribution >= 4 is 17.3 Å². The van der Waals surface area contributed by atoms with Crippen molar-refractivity contribution in [3.8, 4) is 0 Å². The molecule has 0 atom stereocenters. The Labute approximate surface area is 93.3 Å². The third-order valence-corrected chi connectivity index (χ3v) is 1.89. The fourth-order valence-corrected chi connectivity index (χ4v) is 1.08. The Hall–Kier alpha value is -2.11. The van der Waals surface area contributed by atoms with Gasteiger partial charge in [0.05, 0.1) is 4.92 Å². The second-order valence-electron chi connectivity index (χ2n) is 3.52. The largest absolute Gasteiger partial charge is 0.378 e. The molecule has 0 saturated heterocycles. The zero-order valence-electron chi connectivity index (χ0n) is 9.23. The summed E-state index contributed by atoms with van der Waals surface area (Å²) < 4.78 is 0. The molecule has 0 aliphatic heterocycles. The van der Waals surface area contributed by atoms with Crippen LogP contribution >= 0.6 is 0 Å². The van der Waals surface area contributed by atoms with E-state index in [9.17, 15) is 10.1 Å². The zero-order chi connectivity index (χ0) is 12.1. The second kappa shape index (κ2) is 5.11. The van der Waals surface area contributed by atoms with E-state index in [1.807, 2.05) is 19.9 Å². The Morgan fingerprint density at radius 3 is 2.81 bits per heavy atom. The van der Waals surface area contributed by atoms with Crippen molar-refractivity contribution in [2.45, 2.75) is 13.8 Å². The van der Waals surface area contributed by atoms with Gasteiger partial charge in [-0.2, -0.15) is 0 Å². The fourth-order valence-electron chi connectivity index (χ4n) is 1.08. The molecular weight excluding hydrogens is 208 g/mol. The van der Waals surface area contributed by atoms with E-state index < -0.39 is 4.92 Å². The van der Waals surface area contributed by atoms with Crippen LogP contribution in [-0.4, -0.2) is 16.5 Å². The first-order valence-electron chi connectivity index (χ1n) is 4.79. The SMILES string of the molecule is CC(C)=CCNc1ccc([N+](=O)[O-])c(N)n1. The van der Waals surface area contributed by atoms with E-state index in [1.54, 1.807) is 0 Å². The molecule has 0 unspecified atom stereocenters. The average Bonchev–Trinajstić information content (AvgIpc) is 2.16. The number of rotatable bonds is 4. The van der Waals surface area contributed by atoms with Crippen molar-refractivity contribution in [1.82, 2.24) is 4.98 Å². The normalized spacial score (nSPS) is 9.62. The van der Waals surface area contributed by atoms with Crippen molar-refractivity contribution in [2.75, 3.05) is 17.6 Å². The van der Waals surface area contributed by atoms with Gasteiger partial charge in [0.2, 0.25) is 5.82 Å². The van der Waals surface area contributed by atoms with Gasteiger partial charge in [-0.15, -0.1) is 0 Å². The maximum Gasteiger partial charge on any atom is 0.311 e. The van der Waals surface area contributed by atoms with Crippen molar-refractivity contribution < 1.29 is 4.92 Å². The lowest BCUT2D eigenvalue weighted by atomic mass is 10.3. The van der Waals surface area contributed by atoms with Gasteiger partial charge in [-0.05, 0) is 19.9 Å². The lowest BCUT2D eigenvalue weighted by Crippen LogP contribution is -2.04. The minimum Gasteiger partial charge on any atom is -0.378 e. The zero-order valence-corrected chi connectivity index (χ0v) is 9.23. The van der Waals surface area contributed by atoms with Gasteiger partial charge in [-0.25, -0.2) is 4.98 Å². The minimum atomic E-state index is -0.553. The topological polar surface area (TPSA) is 94.1 Å². The summed E-state index contributed by atoms with van der Waals surface area (Å²) in [4.78, 5) is 13.8. The van der Waals surface area contributed by atoms with Crippen LogP contribution < -0.4 is 11.1 Å². The molecule has 6 heteroatoms. The molecule has 0 bridgehead atoms. The molecule has 1 heterocycles. The second-order valence-corrected chi connectivity index (χ2v) is 3.52. The molecule has 3 N–H and O–H groups in total. The number of nitrogens with one attached hydrogen (secondary N) is 1. The molecule has 0 aliphatic carbocycles. The third kappa shape index (κ3) is 3.23. The monoisotopic (exact) mass is 222 g/mol. The number of hydrogen-bond acceptors (Lipinski definition) is 5. The first kappa shape index (κ1) is 12.0. The predicted molar refractivity (Wildman–Crippen MR) is 63.2 cm³/mol. The van der Waals surface area contributed by atoms with Crippen LogP contribution in [0.3, 0.4) is 0 Å². The first-order valence-corrected chi connectivity index (χ1v) is 4.79. The van der Waals surface area contributed by atoms with Crippen LogP contribution in [0.1, 0.15) is 13.8 Å². The quantitative estimate of drug-likeness (QED) is 0.461. The molecular formula is C10H14N4O2. The predicted octanol–water partition coefficient (Wildman–Crippen LogP) is 1.95. The van der Waals surface area contributed by atoms with Crippen LogP contribution in [0, 0.1) is 10.1 Å². The maximum atomic E-state index is 10.5. The number of anilines is 2. The Kier molecular flexibility index (Phi) is 3.82. The molecule has 0 spiro atoms. The fraction of sp³-hybridized carbons (Fsp3) is 0.300. The molecule has 0 aromatic carbocycles. The number of pyridine rings is 1. The van der Waals surface area contributed by atoms with Gasteiger partial charge >= 0.3 is 5.69 Å². The van der Waals surface area contributed by atoms with Crippen LogP contribution in [0.2, 0.25) is 0 Å². The summed E-state index contributed by atoms with van der Waals surface area (Å²) in [6.07, 6.45) is 1.99. The number of nitro groups is 1. The maximum absolute atomic E-state index is 10.5. The van der Waals surface area contributed by atoms with Gasteiger partial charge in [-0.1, -0.05) is 11.6 Å². The van der Waals surface area contributed by atoms with E-state index in [1.165, 1.54) is 17.7 Å². The van der Waals surface area contributed by atoms with Crippen LogP contribution in [0.15, 0.2) is 23.8 Å². The smallest absolute Gasteiger partial charge is 0.311 e. The van der Waals surface area contributed by atoms with Crippen LogP contribution in [0.4, 0.5) is 17.3 Å². The number of nitrogens with two attached hydrogens (primary N) is 1.